The fourth-order valence-corrected chi connectivity index (χ4v) is 2.30. The van der Waals surface area contributed by atoms with Gasteiger partial charge in [-0.25, -0.2) is 0 Å². The van der Waals surface area contributed by atoms with E-state index >= 15 is 0 Å². The third-order valence-corrected chi connectivity index (χ3v) is 3.54. The minimum atomic E-state index is -0.395. The van der Waals surface area contributed by atoms with Crippen LogP contribution in [0.1, 0.15) is 5.56 Å². The van der Waals surface area contributed by atoms with Gasteiger partial charge in [0.05, 0.1) is 5.25 Å². The highest BCUT2D eigenvalue weighted by Gasteiger charge is 2.18. The fourth-order valence-electron chi connectivity index (χ4n) is 1.64. The van der Waals surface area contributed by atoms with Crippen LogP contribution in [0.5, 0.6) is 5.75 Å². The number of hydrogen-bond donors (Lipinski definition) is 2. The van der Waals surface area contributed by atoms with Gasteiger partial charge < -0.3 is 15.4 Å². The lowest BCUT2D eigenvalue weighted by molar-refractivity contribution is -0.120. The van der Waals surface area contributed by atoms with Crippen LogP contribution in [-0.4, -0.2) is 44.0 Å². The molecular weight excluding hydrogens is 276 g/mol. The molecule has 0 aliphatic carbocycles. The van der Waals surface area contributed by atoms with Crippen molar-refractivity contribution in [1.82, 2.24) is 10.6 Å². The Labute approximate surface area is 123 Å². The summed E-state index contributed by atoms with van der Waals surface area (Å²) in [5, 5.41) is 5.17. The van der Waals surface area contributed by atoms with Crippen molar-refractivity contribution < 1.29 is 14.3 Å². The van der Waals surface area contributed by atoms with Crippen LogP contribution in [-0.2, 0) is 16.0 Å². The smallest absolute Gasteiger partial charge is 0.233 e. The minimum Gasteiger partial charge on any atom is -0.492 e. The molecule has 6 heteroatoms. The van der Waals surface area contributed by atoms with Crippen molar-refractivity contribution in [3.8, 4) is 5.75 Å². The zero-order valence-electron chi connectivity index (χ0n) is 11.7. The van der Waals surface area contributed by atoms with Gasteiger partial charge in [0, 0.05) is 13.6 Å². The molecule has 0 fully saturated rings. The largest absolute Gasteiger partial charge is 0.492 e. The van der Waals surface area contributed by atoms with Crippen LogP contribution < -0.4 is 15.4 Å². The van der Waals surface area contributed by atoms with E-state index in [0.29, 0.717) is 18.6 Å². The number of thioether (sulfide) groups is 1. The van der Waals surface area contributed by atoms with Crippen molar-refractivity contribution in [1.29, 1.82) is 0 Å². The predicted molar refractivity (Wildman–Crippen MR) is 81.8 cm³/mol. The first kappa shape index (κ1) is 16.5. The summed E-state index contributed by atoms with van der Waals surface area (Å²) in [5.74, 6) is 0.653. The van der Waals surface area contributed by atoms with Gasteiger partial charge in [-0.2, -0.15) is 0 Å². The molecule has 0 radical (unpaired) electrons. The van der Waals surface area contributed by atoms with Crippen LogP contribution in [0.4, 0.5) is 0 Å². The molecule has 0 saturated carbocycles. The molecule has 1 amide bonds. The zero-order valence-corrected chi connectivity index (χ0v) is 12.5. The van der Waals surface area contributed by atoms with Gasteiger partial charge in [0.15, 0.2) is 5.62 Å². The lowest BCUT2D eigenvalue weighted by atomic mass is 10.1. The van der Waals surface area contributed by atoms with E-state index in [-0.39, 0.29) is 5.91 Å². The molecule has 5 nitrogen and oxygen atoms in total. The Morgan fingerprint density at radius 1 is 1.35 bits per heavy atom. The first-order chi connectivity index (χ1) is 9.71. The molecule has 0 bridgehead atoms. The summed E-state index contributed by atoms with van der Waals surface area (Å²) in [7, 11) is 3.44. The number of hydrogen-bond acceptors (Lipinski definition) is 5. The summed E-state index contributed by atoms with van der Waals surface area (Å²) < 4.78 is 5.52. The third-order valence-electron chi connectivity index (χ3n) is 2.72. The summed E-state index contributed by atoms with van der Waals surface area (Å²) >= 11 is 0.993. The molecular formula is C14H20N2O3S. The van der Waals surface area contributed by atoms with Crippen LogP contribution in [0.25, 0.3) is 0 Å². The maximum atomic E-state index is 11.6. The highest BCUT2D eigenvalue weighted by Crippen LogP contribution is 2.18. The van der Waals surface area contributed by atoms with Gasteiger partial charge in [-0.05, 0) is 31.2 Å². The fraction of sp³-hybridized carbons (Fsp3) is 0.429. The summed E-state index contributed by atoms with van der Waals surface area (Å²) in [6.07, 6.45) is 0.514. The van der Waals surface area contributed by atoms with Crippen LogP contribution in [0.2, 0.25) is 0 Å². The van der Waals surface area contributed by atoms with Gasteiger partial charge in [-0.15, -0.1) is 0 Å². The Bertz CT molecular complexity index is 423. The first-order valence-electron chi connectivity index (χ1n) is 6.38. The van der Waals surface area contributed by atoms with Crippen molar-refractivity contribution in [3.63, 3.8) is 0 Å². The van der Waals surface area contributed by atoms with E-state index in [1.165, 1.54) is 0 Å². The monoisotopic (exact) mass is 296 g/mol. The molecule has 0 aliphatic rings. The topological polar surface area (TPSA) is 67.4 Å². The van der Waals surface area contributed by atoms with Gasteiger partial charge in [-0.1, -0.05) is 23.9 Å². The molecule has 20 heavy (non-hydrogen) atoms. The Hall–Kier alpha value is -1.53. The number of amides is 1. The molecule has 0 spiro atoms. The molecule has 110 valence electrons. The number of ether oxygens (including phenoxy) is 1. The maximum absolute atomic E-state index is 11.6. The number of carbonyl (C=O) groups excluding carboxylic acids is 2. The normalized spacial score (nSPS) is 11.7. The van der Waals surface area contributed by atoms with E-state index < -0.39 is 5.25 Å². The SMILES string of the molecule is CNCCOc1ccc(CC(SC=O)C(=O)NC)cc1. The molecule has 1 aromatic rings. The van der Waals surface area contributed by atoms with E-state index in [1.807, 2.05) is 31.3 Å². The van der Waals surface area contributed by atoms with E-state index in [9.17, 15) is 9.59 Å². The average Bonchev–Trinajstić information content (AvgIpc) is 2.48. The molecule has 0 saturated heterocycles. The van der Waals surface area contributed by atoms with Crippen molar-refractivity contribution in [2.75, 3.05) is 27.2 Å². The molecule has 1 aromatic carbocycles. The Balaban J connectivity index is 2.58. The van der Waals surface area contributed by atoms with Gasteiger partial charge in [-0.3, -0.25) is 9.59 Å². The Kier molecular flexibility index (Phi) is 7.75. The molecule has 1 atom stereocenters. The molecule has 1 unspecified atom stereocenters. The molecule has 0 aromatic heterocycles. The van der Waals surface area contributed by atoms with Crippen LogP contribution in [0.15, 0.2) is 24.3 Å². The van der Waals surface area contributed by atoms with Crippen molar-refractivity contribution in [3.05, 3.63) is 29.8 Å². The van der Waals surface area contributed by atoms with E-state index in [4.69, 9.17) is 4.74 Å². The second kappa shape index (κ2) is 9.39. The van der Waals surface area contributed by atoms with Crippen molar-refractivity contribution >= 4 is 23.3 Å². The Morgan fingerprint density at radius 2 is 2.05 bits per heavy atom. The molecule has 1 rings (SSSR count). The van der Waals surface area contributed by atoms with E-state index in [0.717, 1.165) is 29.6 Å². The highest BCUT2D eigenvalue weighted by molar-refractivity contribution is 8.13. The molecule has 0 heterocycles. The second-order valence-corrected chi connectivity index (χ2v) is 5.17. The predicted octanol–water partition coefficient (Wildman–Crippen LogP) is 0.865. The van der Waals surface area contributed by atoms with Crippen LogP contribution in [0.3, 0.4) is 0 Å². The van der Waals surface area contributed by atoms with Crippen LogP contribution >= 0.6 is 11.8 Å². The molecule has 2 N–H and O–H groups in total. The summed E-state index contributed by atoms with van der Waals surface area (Å²) in [6.45, 7) is 1.40. The average molecular weight is 296 g/mol. The number of carbonyl (C=O) groups is 2. The molecule has 0 aliphatic heterocycles. The summed E-state index contributed by atoms with van der Waals surface area (Å²) in [4.78, 5) is 22.2. The Morgan fingerprint density at radius 3 is 2.60 bits per heavy atom. The van der Waals surface area contributed by atoms with Crippen molar-refractivity contribution in [2.24, 2.45) is 0 Å². The highest BCUT2D eigenvalue weighted by atomic mass is 32.2. The van der Waals surface area contributed by atoms with Gasteiger partial charge in [0.25, 0.3) is 0 Å². The van der Waals surface area contributed by atoms with Crippen LogP contribution in [0, 0.1) is 0 Å². The van der Waals surface area contributed by atoms with E-state index in [1.54, 1.807) is 7.05 Å². The standard InChI is InChI=1S/C14H20N2O3S/c1-15-7-8-19-12-5-3-11(4-6-12)9-13(20-10-17)14(18)16-2/h3-6,10,13,15H,7-9H2,1-2H3,(H,16,18). The number of rotatable bonds is 9. The van der Waals surface area contributed by atoms with Gasteiger partial charge >= 0.3 is 0 Å². The lowest BCUT2D eigenvalue weighted by Crippen LogP contribution is -2.31. The number of nitrogens with one attached hydrogen (secondary N) is 2. The first-order valence-corrected chi connectivity index (χ1v) is 7.32. The number of benzene rings is 1. The van der Waals surface area contributed by atoms with Gasteiger partial charge in [0.1, 0.15) is 12.4 Å². The quantitative estimate of drug-likeness (QED) is 0.523. The maximum Gasteiger partial charge on any atom is 0.233 e. The third kappa shape index (κ3) is 5.63. The van der Waals surface area contributed by atoms with E-state index in [2.05, 4.69) is 10.6 Å². The lowest BCUT2D eigenvalue weighted by Gasteiger charge is -2.12. The minimum absolute atomic E-state index is 0.142. The van der Waals surface area contributed by atoms with Gasteiger partial charge in [0.2, 0.25) is 5.91 Å². The second-order valence-electron chi connectivity index (χ2n) is 4.14. The summed E-state index contributed by atoms with van der Waals surface area (Å²) in [5.41, 5.74) is 1.70. The number of likely N-dealkylation sites (N-methyl/N-ethyl adjacent to an activating group) is 1. The summed E-state index contributed by atoms with van der Waals surface area (Å²) in [6, 6.07) is 7.57. The zero-order chi connectivity index (χ0) is 14.8. The van der Waals surface area contributed by atoms with Crippen molar-refractivity contribution in [2.45, 2.75) is 11.7 Å².